The second-order valence-corrected chi connectivity index (χ2v) is 10.0. The number of nitrogens with one attached hydrogen (secondary N) is 1. The number of aliphatic hydroxyl groups excluding tert-OH is 2. The molecule has 200 valence electrons. The molecule has 1 aromatic carbocycles. The first kappa shape index (κ1) is 30.0. The number of nitrogens with zero attached hydrogens (tertiary/aromatic N) is 1. The summed E-state index contributed by atoms with van der Waals surface area (Å²) in [6, 6.07) is 2.38. The molecule has 2 amide bonds. The van der Waals surface area contributed by atoms with Gasteiger partial charge < -0.3 is 34.6 Å². The van der Waals surface area contributed by atoms with Crippen LogP contribution in [0.25, 0.3) is 0 Å². The van der Waals surface area contributed by atoms with E-state index in [4.69, 9.17) is 19.3 Å². The van der Waals surface area contributed by atoms with Crippen molar-refractivity contribution in [2.75, 3.05) is 40.5 Å². The first-order valence-electron chi connectivity index (χ1n) is 11.7. The van der Waals surface area contributed by atoms with E-state index >= 15 is 0 Å². The summed E-state index contributed by atoms with van der Waals surface area (Å²) in [7, 11) is 2.86. The van der Waals surface area contributed by atoms with Crippen LogP contribution in [-0.4, -0.2) is 92.0 Å². The Morgan fingerprint density at radius 2 is 2.03 bits per heavy atom. The highest BCUT2D eigenvalue weighted by Gasteiger charge is 2.40. The minimum absolute atomic E-state index is 0.0630. The normalized spacial score (nSPS) is 19.4. The maximum atomic E-state index is 13.0. The highest BCUT2D eigenvalue weighted by atomic mass is 127. The highest BCUT2D eigenvalue weighted by molar-refractivity contribution is 14.1. The van der Waals surface area contributed by atoms with Gasteiger partial charge in [-0.15, -0.1) is 0 Å². The van der Waals surface area contributed by atoms with E-state index in [0.717, 1.165) is 0 Å². The van der Waals surface area contributed by atoms with Gasteiger partial charge in [-0.1, -0.05) is 13.8 Å². The van der Waals surface area contributed by atoms with Crippen molar-refractivity contribution in [3.63, 3.8) is 0 Å². The van der Waals surface area contributed by atoms with Crippen molar-refractivity contribution < 1.29 is 38.8 Å². The number of hydrogen-bond donors (Lipinski definition) is 3. The lowest BCUT2D eigenvalue weighted by atomic mass is 9.87. The zero-order valence-electron chi connectivity index (χ0n) is 21.0. The molecular formula is C25H35IN2O8. The van der Waals surface area contributed by atoms with Gasteiger partial charge in [-0.25, -0.2) is 0 Å². The van der Waals surface area contributed by atoms with E-state index in [0.29, 0.717) is 51.4 Å². The summed E-state index contributed by atoms with van der Waals surface area (Å²) in [5.41, 5.74) is 0.720. The SMILES string of the molecule is COCC(=O)N(CCC(C)C)C1CC(C(=O)NCCO)=CC(Oc2c(I)cc(C=O)cc2OC)C1O. The summed E-state index contributed by atoms with van der Waals surface area (Å²) < 4.78 is 17.2. The van der Waals surface area contributed by atoms with Crippen LogP contribution in [0.3, 0.4) is 0 Å². The number of methoxy groups -OCH3 is 2. The van der Waals surface area contributed by atoms with E-state index in [9.17, 15) is 19.5 Å². The maximum absolute atomic E-state index is 13.0. The van der Waals surface area contributed by atoms with Crippen molar-refractivity contribution in [1.29, 1.82) is 0 Å². The molecule has 1 aliphatic rings. The fourth-order valence-corrected chi connectivity index (χ4v) is 4.67. The van der Waals surface area contributed by atoms with Crippen LogP contribution in [0.5, 0.6) is 11.5 Å². The molecule has 3 unspecified atom stereocenters. The molecule has 0 radical (unpaired) electrons. The molecule has 0 saturated carbocycles. The van der Waals surface area contributed by atoms with E-state index in [1.54, 1.807) is 11.0 Å². The molecule has 36 heavy (non-hydrogen) atoms. The number of aliphatic hydroxyl groups is 2. The third kappa shape index (κ3) is 7.89. The number of aldehydes is 1. The van der Waals surface area contributed by atoms with Gasteiger partial charge in [-0.05, 0) is 53.1 Å². The predicted molar refractivity (Wildman–Crippen MR) is 141 cm³/mol. The molecular weight excluding hydrogens is 583 g/mol. The van der Waals surface area contributed by atoms with Crippen LogP contribution in [0.15, 0.2) is 23.8 Å². The molecule has 3 N–H and O–H groups in total. The lowest BCUT2D eigenvalue weighted by Gasteiger charge is -2.41. The first-order chi connectivity index (χ1) is 17.2. The van der Waals surface area contributed by atoms with Crippen molar-refractivity contribution >= 4 is 40.7 Å². The Labute approximate surface area is 225 Å². The summed E-state index contributed by atoms with van der Waals surface area (Å²) in [6.07, 6.45) is 0.845. The maximum Gasteiger partial charge on any atom is 0.248 e. The number of carbonyl (C=O) groups is 3. The Morgan fingerprint density at radius 3 is 2.61 bits per heavy atom. The molecule has 2 rings (SSSR count). The van der Waals surface area contributed by atoms with Crippen LogP contribution < -0.4 is 14.8 Å². The van der Waals surface area contributed by atoms with E-state index < -0.39 is 24.2 Å². The summed E-state index contributed by atoms with van der Waals surface area (Å²) in [5.74, 6) is 0.179. The zero-order chi connectivity index (χ0) is 26.8. The van der Waals surface area contributed by atoms with Crippen LogP contribution in [0.1, 0.15) is 37.0 Å². The minimum Gasteiger partial charge on any atom is -0.493 e. The van der Waals surface area contributed by atoms with Crippen LogP contribution in [0.2, 0.25) is 0 Å². The van der Waals surface area contributed by atoms with Gasteiger partial charge in [0, 0.05) is 37.8 Å². The number of rotatable bonds is 13. The molecule has 0 fully saturated rings. The standard InChI is InChI=1S/C25H35IN2O8/c1-15(2)5-7-28(22(31)14-34-3)19-11-17(25(33)27-6-8-29)12-20(23(19)32)36-24-18(26)9-16(13-30)10-21(24)35-4/h9-10,12-13,15,19-20,23,29,32H,5-8,11,14H2,1-4H3,(H,27,33). The average Bonchev–Trinajstić information content (AvgIpc) is 2.85. The quantitative estimate of drug-likeness (QED) is 0.224. The largest absolute Gasteiger partial charge is 0.493 e. The Kier molecular flexibility index (Phi) is 12.1. The third-order valence-corrected chi connectivity index (χ3v) is 6.59. The molecule has 1 aliphatic carbocycles. The molecule has 0 heterocycles. The van der Waals surface area contributed by atoms with Gasteiger partial charge in [0.2, 0.25) is 11.8 Å². The fourth-order valence-electron chi connectivity index (χ4n) is 3.92. The van der Waals surface area contributed by atoms with Gasteiger partial charge in [0.05, 0.1) is 23.3 Å². The van der Waals surface area contributed by atoms with Gasteiger partial charge in [-0.3, -0.25) is 14.4 Å². The lowest BCUT2D eigenvalue weighted by Crippen LogP contribution is -2.56. The Balaban J connectivity index is 2.49. The molecule has 1 aromatic rings. The average molecular weight is 618 g/mol. The number of halogens is 1. The number of hydrogen-bond acceptors (Lipinski definition) is 8. The number of benzene rings is 1. The molecule has 0 aromatic heterocycles. The van der Waals surface area contributed by atoms with Gasteiger partial charge >= 0.3 is 0 Å². The minimum atomic E-state index is -1.17. The van der Waals surface area contributed by atoms with E-state index in [1.807, 2.05) is 36.4 Å². The molecule has 3 atom stereocenters. The molecule has 0 aliphatic heterocycles. The van der Waals surface area contributed by atoms with Crippen molar-refractivity contribution in [2.45, 2.75) is 44.9 Å². The number of ether oxygens (including phenoxy) is 3. The predicted octanol–water partition coefficient (Wildman–Crippen LogP) is 1.55. The topological polar surface area (TPSA) is 135 Å². The summed E-state index contributed by atoms with van der Waals surface area (Å²) >= 11 is 2.00. The zero-order valence-corrected chi connectivity index (χ0v) is 23.2. The Hall–Kier alpha value is -2.22. The van der Waals surface area contributed by atoms with Crippen LogP contribution in [0.4, 0.5) is 0 Å². The third-order valence-electron chi connectivity index (χ3n) is 5.79. The number of carbonyl (C=O) groups excluding carboxylic acids is 3. The van der Waals surface area contributed by atoms with Crippen molar-refractivity contribution in [3.05, 3.63) is 32.9 Å². The molecule has 0 saturated heterocycles. The van der Waals surface area contributed by atoms with Crippen LogP contribution in [0, 0.1) is 9.49 Å². The molecule has 11 heteroatoms. The number of amides is 2. The Bertz CT molecular complexity index is 952. The molecule has 0 bridgehead atoms. The second kappa shape index (κ2) is 14.5. The smallest absolute Gasteiger partial charge is 0.248 e. The van der Waals surface area contributed by atoms with Crippen LogP contribution in [-0.2, 0) is 14.3 Å². The Morgan fingerprint density at radius 1 is 1.31 bits per heavy atom. The van der Waals surface area contributed by atoms with Gasteiger partial charge in [0.1, 0.15) is 25.1 Å². The van der Waals surface area contributed by atoms with Crippen molar-refractivity contribution in [1.82, 2.24) is 10.2 Å². The highest BCUT2D eigenvalue weighted by Crippen LogP contribution is 2.37. The summed E-state index contributed by atoms with van der Waals surface area (Å²) in [6.45, 7) is 4.11. The molecule has 10 nitrogen and oxygen atoms in total. The van der Waals surface area contributed by atoms with Crippen LogP contribution >= 0.6 is 22.6 Å². The second-order valence-electron chi connectivity index (χ2n) is 8.87. The summed E-state index contributed by atoms with van der Waals surface area (Å²) in [4.78, 5) is 38.6. The van der Waals surface area contributed by atoms with E-state index in [-0.39, 0.29) is 32.1 Å². The van der Waals surface area contributed by atoms with E-state index in [2.05, 4.69) is 5.32 Å². The summed E-state index contributed by atoms with van der Waals surface area (Å²) in [5, 5.41) is 23.1. The molecule has 0 spiro atoms. The first-order valence-corrected chi connectivity index (χ1v) is 12.8. The van der Waals surface area contributed by atoms with Crippen molar-refractivity contribution in [3.8, 4) is 11.5 Å². The monoisotopic (exact) mass is 618 g/mol. The lowest BCUT2D eigenvalue weighted by molar-refractivity contribution is -0.142. The van der Waals surface area contributed by atoms with Gasteiger partial charge in [-0.2, -0.15) is 0 Å². The van der Waals surface area contributed by atoms with Gasteiger partial charge in [0.25, 0.3) is 0 Å². The van der Waals surface area contributed by atoms with Gasteiger partial charge in [0.15, 0.2) is 11.5 Å². The van der Waals surface area contributed by atoms with Crippen molar-refractivity contribution in [2.24, 2.45) is 5.92 Å². The fraction of sp³-hybridized carbons (Fsp3) is 0.560. The van der Waals surface area contributed by atoms with E-state index in [1.165, 1.54) is 26.4 Å².